The van der Waals surface area contributed by atoms with Crippen molar-refractivity contribution in [2.45, 2.75) is 10.6 Å². The number of nitrogens with one attached hydrogen (secondary N) is 1. The molecule has 0 saturated carbocycles. The van der Waals surface area contributed by atoms with E-state index in [4.69, 9.17) is 9.47 Å². The Labute approximate surface area is 199 Å². The molecular formula is C23H29N3O5S2. The first kappa shape index (κ1) is 24.0. The van der Waals surface area contributed by atoms with E-state index in [-0.39, 0.29) is 16.6 Å². The fraction of sp³-hybridized carbons (Fsp3) is 0.435. The average molecular weight is 492 g/mol. The number of nitrogens with zero attached hydrogens (tertiary/aromatic N) is 2. The number of carbonyl (C=O) groups excluding carboxylic acids is 1. The van der Waals surface area contributed by atoms with E-state index in [0.717, 1.165) is 17.0 Å². The molecule has 178 valence electrons. The molecule has 4 rings (SSSR count). The molecule has 2 aliphatic rings. The first-order chi connectivity index (χ1) is 16.0. The van der Waals surface area contributed by atoms with Crippen molar-refractivity contribution in [3.63, 3.8) is 0 Å². The van der Waals surface area contributed by atoms with Crippen LogP contribution in [0.2, 0.25) is 0 Å². The number of anilines is 2. The van der Waals surface area contributed by atoms with Gasteiger partial charge in [-0.2, -0.15) is 4.31 Å². The van der Waals surface area contributed by atoms with Gasteiger partial charge in [0.15, 0.2) is 0 Å². The largest absolute Gasteiger partial charge is 0.379 e. The number of rotatable bonds is 8. The van der Waals surface area contributed by atoms with Gasteiger partial charge in [-0.15, -0.1) is 11.8 Å². The van der Waals surface area contributed by atoms with Crippen molar-refractivity contribution >= 4 is 39.1 Å². The van der Waals surface area contributed by atoms with E-state index in [2.05, 4.69) is 10.2 Å². The summed E-state index contributed by atoms with van der Waals surface area (Å²) >= 11 is 1.52. The van der Waals surface area contributed by atoms with Gasteiger partial charge in [0, 0.05) is 31.9 Å². The number of thioether (sulfide) groups is 1. The van der Waals surface area contributed by atoms with Gasteiger partial charge in [-0.1, -0.05) is 30.3 Å². The van der Waals surface area contributed by atoms with Crippen LogP contribution in [0.4, 0.5) is 11.4 Å². The molecule has 2 saturated heterocycles. The fourth-order valence-corrected chi connectivity index (χ4v) is 6.04. The number of amides is 1. The Morgan fingerprint density at radius 3 is 2.30 bits per heavy atom. The van der Waals surface area contributed by atoms with Gasteiger partial charge in [-0.3, -0.25) is 4.79 Å². The Balaban J connectivity index is 1.51. The molecule has 0 bridgehead atoms. The summed E-state index contributed by atoms with van der Waals surface area (Å²) in [5, 5.41) is 2.96. The van der Waals surface area contributed by atoms with Crippen LogP contribution in [-0.2, 0) is 30.0 Å². The number of hydrogen-bond donors (Lipinski definition) is 1. The van der Waals surface area contributed by atoms with E-state index in [9.17, 15) is 13.2 Å². The molecule has 0 aromatic heterocycles. The summed E-state index contributed by atoms with van der Waals surface area (Å²) in [5.41, 5.74) is 2.47. The number of morpholine rings is 2. The SMILES string of the molecule is O=C(CSCc1ccccc1)Nc1cc(S(=O)(=O)N2CCOCC2)ccc1N1CCOCC1. The molecule has 2 fully saturated rings. The highest BCUT2D eigenvalue weighted by Gasteiger charge is 2.28. The molecule has 1 amide bonds. The summed E-state index contributed by atoms with van der Waals surface area (Å²) in [7, 11) is -3.67. The lowest BCUT2D eigenvalue weighted by Crippen LogP contribution is -2.40. The quantitative estimate of drug-likeness (QED) is 0.607. The van der Waals surface area contributed by atoms with Crippen molar-refractivity contribution in [2.24, 2.45) is 0 Å². The molecule has 33 heavy (non-hydrogen) atoms. The Hall–Kier alpha value is -2.11. The van der Waals surface area contributed by atoms with E-state index < -0.39 is 10.0 Å². The Morgan fingerprint density at radius 2 is 1.61 bits per heavy atom. The van der Waals surface area contributed by atoms with E-state index >= 15 is 0 Å². The molecule has 8 nitrogen and oxygen atoms in total. The van der Waals surface area contributed by atoms with E-state index in [0.29, 0.717) is 58.3 Å². The Morgan fingerprint density at radius 1 is 0.939 bits per heavy atom. The fourth-order valence-electron chi connectivity index (χ4n) is 3.81. The summed E-state index contributed by atoms with van der Waals surface area (Å²) in [5.74, 6) is 0.847. The van der Waals surface area contributed by atoms with Crippen LogP contribution in [0, 0.1) is 0 Å². The van der Waals surface area contributed by atoms with Gasteiger partial charge < -0.3 is 19.7 Å². The minimum atomic E-state index is -3.67. The smallest absolute Gasteiger partial charge is 0.243 e. The highest BCUT2D eigenvalue weighted by Crippen LogP contribution is 2.31. The van der Waals surface area contributed by atoms with Crippen molar-refractivity contribution in [1.29, 1.82) is 0 Å². The average Bonchev–Trinajstić information content (AvgIpc) is 2.86. The minimum Gasteiger partial charge on any atom is -0.379 e. The predicted octanol–water partition coefficient (Wildman–Crippen LogP) is 2.42. The minimum absolute atomic E-state index is 0.161. The second-order valence-electron chi connectivity index (χ2n) is 7.82. The maximum Gasteiger partial charge on any atom is 0.243 e. The lowest BCUT2D eigenvalue weighted by Gasteiger charge is -2.31. The number of benzene rings is 2. The number of carbonyl (C=O) groups is 1. The molecule has 2 aromatic carbocycles. The van der Waals surface area contributed by atoms with Crippen molar-refractivity contribution in [2.75, 3.05) is 68.6 Å². The monoisotopic (exact) mass is 491 g/mol. The normalized spacial score (nSPS) is 17.6. The van der Waals surface area contributed by atoms with Crippen LogP contribution >= 0.6 is 11.8 Å². The van der Waals surface area contributed by atoms with E-state index in [1.54, 1.807) is 18.2 Å². The van der Waals surface area contributed by atoms with Gasteiger partial charge in [-0.25, -0.2) is 8.42 Å². The standard InChI is InChI=1S/C23H29N3O5S2/c27-23(18-32-17-19-4-2-1-3-5-19)24-21-16-20(33(28,29)26-10-14-31-15-11-26)6-7-22(21)25-8-12-30-13-9-25/h1-7,16H,8-15,17-18H2,(H,24,27). The molecule has 1 N–H and O–H groups in total. The van der Waals surface area contributed by atoms with Crippen LogP contribution in [-0.4, -0.2) is 77.0 Å². The number of ether oxygens (including phenoxy) is 2. The summed E-state index contributed by atoms with van der Waals surface area (Å²) < 4.78 is 38.5. The van der Waals surface area contributed by atoms with Crippen molar-refractivity contribution in [1.82, 2.24) is 4.31 Å². The van der Waals surface area contributed by atoms with Crippen LogP contribution in [0.15, 0.2) is 53.4 Å². The second-order valence-corrected chi connectivity index (χ2v) is 10.7. The Kier molecular flexibility index (Phi) is 8.26. The molecular weight excluding hydrogens is 462 g/mol. The van der Waals surface area contributed by atoms with Gasteiger partial charge in [-0.05, 0) is 23.8 Å². The summed E-state index contributed by atoms with van der Waals surface area (Å²) in [6.45, 7) is 3.96. The second kappa shape index (κ2) is 11.3. The molecule has 2 aliphatic heterocycles. The van der Waals surface area contributed by atoms with Gasteiger partial charge in [0.2, 0.25) is 15.9 Å². The van der Waals surface area contributed by atoms with E-state index in [1.807, 2.05) is 30.3 Å². The molecule has 2 aromatic rings. The topological polar surface area (TPSA) is 88.2 Å². The zero-order chi connectivity index (χ0) is 23.1. The van der Waals surface area contributed by atoms with Crippen LogP contribution in [0.5, 0.6) is 0 Å². The lowest BCUT2D eigenvalue weighted by atomic mass is 10.2. The summed E-state index contributed by atoms with van der Waals surface area (Å²) in [6, 6.07) is 15.0. The number of hydrogen-bond acceptors (Lipinski definition) is 7. The van der Waals surface area contributed by atoms with Crippen LogP contribution < -0.4 is 10.2 Å². The molecule has 0 radical (unpaired) electrons. The van der Waals surface area contributed by atoms with Crippen LogP contribution in [0.25, 0.3) is 0 Å². The third-order valence-corrected chi connectivity index (χ3v) is 8.44. The zero-order valence-electron chi connectivity index (χ0n) is 18.4. The van der Waals surface area contributed by atoms with Gasteiger partial charge in [0.1, 0.15) is 0 Å². The van der Waals surface area contributed by atoms with Crippen LogP contribution in [0.3, 0.4) is 0 Å². The molecule has 0 spiro atoms. The summed E-state index contributed by atoms with van der Waals surface area (Å²) in [4.78, 5) is 15.0. The lowest BCUT2D eigenvalue weighted by molar-refractivity contribution is -0.113. The summed E-state index contributed by atoms with van der Waals surface area (Å²) in [6.07, 6.45) is 0. The number of sulfonamides is 1. The molecule has 0 unspecified atom stereocenters. The van der Waals surface area contributed by atoms with Gasteiger partial charge in [0.05, 0.1) is 48.5 Å². The Bertz CT molecular complexity index is 1040. The molecule has 0 atom stereocenters. The highest BCUT2D eigenvalue weighted by atomic mass is 32.2. The van der Waals surface area contributed by atoms with E-state index in [1.165, 1.54) is 16.1 Å². The van der Waals surface area contributed by atoms with Gasteiger partial charge >= 0.3 is 0 Å². The first-order valence-electron chi connectivity index (χ1n) is 11.0. The maximum absolute atomic E-state index is 13.2. The molecule has 0 aliphatic carbocycles. The van der Waals surface area contributed by atoms with Crippen molar-refractivity contribution in [3.8, 4) is 0 Å². The first-order valence-corrected chi connectivity index (χ1v) is 13.6. The maximum atomic E-state index is 13.2. The predicted molar refractivity (Wildman–Crippen MR) is 130 cm³/mol. The highest BCUT2D eigenvalue weighted by molar-refractivity contribution is 7.99. The van der Waals surface area contributed by atoms with Crippen LogP contribution in [0.1, 0.15) is 5.56 Å². The molecule has 2 heterocycles. The van der Waals surface area contributed by atoms with Crippen molar-refractivity contribution < 1.29 is 22.7 Å². The third-order valence-electron chi connectivity index (χ3n) is 5.55. The van der Waals surface area contributed by atoms with Crippen molar-refractivity contribution in [3.05, 3.63) is 54.1 Å². The molecule has 10 heteroatoms. The zero-order valence-corrected chi connectivity index (χ0v) is 20.1. The third kappa shape index (κ3) is 6.27. The van der Waals surface area contributed by atoms with Gasteiger partial charge in [0.25, 0.3) is 0 Å².